The highest BCUT2D eigenvalue weighted by Crippen LogP contribution is 2.35. The topological polar surface area (TPSA) is 21.3 Å². The van der Waals surface area contributed by atoms with E-state index in [4.69, 9.17) is 16.3 Å². The summed E-state index contributed by atoms with van der Waals surface area (Å²) in [6.45, 7) is 0.810. The second-order valence-corrected chi connectivity index (χ2v) is 5.72. The molecule has 2 nitrogen and oxygen atoms in total. The van der Waals surface area contributed by atoms with Crippen molar-refractivity contribution in [1.29, 1.82) is 0 Å². The van der Waals surface area contributed by atoms with Crippen molar-refractivity contribution in [2.24, 2.45) is 0 Å². The van der Waals surface area contributed by atoms with Crippen LogP contribution in [0, 0.1) is 5.82 Å². The van der Waals surface area contributed by atoms with Crippen molar-refractivity contribution in [3.63, 3.8) is 0 Å². The van der Waals surface area contributed by atoms with E-state index in [9.17, 15) is 4.39 Å². The van der Waals surface area contributed by atoms with Crippen molar-refractivity contribution in [3.05, 3.63) is 52.8 Å². The maximum atomic E-state index is 13.5. The molecule has 0 unspecified atom stereocenters. The number of ether oxygens (including phenoxy) is 1. The normalized spacial score (nSPS) is 14.2. The lowest BCUT2D eigenvalue weighted by molar-refractivity contribution is 0.415. The fourth-order valence-corrected chi connectivity index (χ4v) is 2.63. The minimum absolute atomic E-state index is 0.304. The quantitative estimate of drug-likeness (QED) is 0.883. The van der Waals surface area contributed by atoms with E-state index < -0.39 is 0 Å². The minimum atomic E-state index is -0.304. The van der Waals surface area contributed by atoms with Crippen LogP contribution in [0.25, 0.3) is 11.1 Å². The molecule has 0 amide bonds. The van der Waals surface area contributed by atoms with Gasteiger partial charge in [0.2, 0.25) is 0 Å². The van der Waals surface area contributed by atoms with Crippen LogP contribution in [0.5, 0.6) is 5.75 Å². The number of methoxy groups -OCH3 is 1. The van der Waals surface area contributed by atoms with Crippen LogP contribution in [-0.2, 0) is 6.54 Å². The first kappa shape index (κ1) is 14.4. The van der Waals surface area contributed by atoms with Crippen molar-refractivity contribution < 1.29 is 9.13 Å². The molecule has 1 aliphatic rings. The molecular formula is C17H17ClFNO. The Labute approximate surface area is 128 Å². The molecule has 2 aromatic rings. The van der Waals surface area contributed by atoms with Crippen molar-refractivity contribution in [3.8, 4) is 16.9 Å². The Morgan fingerprint density at radius 2 is 2.00 bits per heavy atom. The molecule has 0 aliphatic heterocycles. The molecule has 110 valence electrons. The molecule has 4 heteroatoms. The zero-order valence-electron chi connectivity index (χ0n) is 11.8. The number of rotatable bonds is 5. The van der Waals surface area contributed by atoms with Gasteiger partial charge in [0.1, 0.15) is 11.6 Å². The van der Waals surface area contributed by atoms with E-state index in [1.807, 2.05) is 18.2 Å². The predicted molar refractivity (Wildman–Crippen MR) is 83.3 cm³/mol. The SMILES string of the molecule is COc1ccc(F)cc1-c1ccc(CNC2CC2)cc1Cl. The van der Waals surface area contributed by atoms with Crippen molar-refractivity contribution in [1.82, 2.24) is 5.32 Å². The Hall–Kier alpha value is -1.58. The summed E-state index contributed by atoms with van der Waals surface area (Å²) in [4.78, 5) is 0. The van der Waals surface area contributed by atoms with Crippen LogP contribution in [0.4, 0.5) is 4.39 Å². The number of hydrogen-bond donors (Lipinski definition) is 1. The van der Waals surface area contributed by atoms with Gasteiger partial charge >= 0.3 is 0 Å². The van der Waals surface area contributed by atoms with Gasteiger partial charge in [0.15, 0.2) is 0 Å². The molecule has 1 N–H and O–H groups in total. The highest BCUT2D eigenvalue weighted by molar-refractivity contribution is 6.33. The Bertz CT molecular complexity index is 655. The predicted octanol–water partition coefficient (Wildman–Crippen LogP) is 4.41. The highest BCUT2D eigenvalue weighted by Gasteiger charge is 2.20. The average Bonchev–Trinajstić information content (AvgIpc) is 3.29. The third-order valence-corrected chi connectivity index (χ3v) is 3.97. The second-order valence-electron chi connectivity index (χ2n) is 5.31. The van der Waals surface area contributed by atoms with Crippen LogP contribution in [0.15, 0.2) is 36.4 Å². The molecule has 0 bridgehead atoms. The monoisotopic (exact) mass is 305 g/mol. The van der Waals surface area contributed by atoms with E-state index in [-0.39, 0.29) is 5.82 Å². The number of hydrogen-bond acceptors (Lipinski definition) is 2. The zero-order chi connectivity index (χ0) is 14.8. The third-order valence-electron chi connectivity index (χ3n) is 3.66. The first-order valence-corrected chi connectivity index (χ1v) is 7.41. The Balaban J connectivity index is 1.89. The number of benzene rings is 2. The van der Waals surface area contributed by atoms with Crippen molar-refractivity contribution >= 4 is 11.6 Å². The van der Waals surface area contributed by atoms with Gasteiger partial charge in [0.25, 0.3) is 0 Å². The molecule has 3 rings (SSSR count). The summed E-state index contributed by atoms with van der Waals surface area (Å²) >= 11 is 6.37. The largest absolute Gasteiger partial charge is 0.496 e. The summed E-state index contributed by atoms with van der Waals surface area (Å²) in [5.74, 6) is 0.309. The van der Waals surface area contributed by atoms with Gasteiger partial charge in [-0.2, -0.15) is 0 Å². The Morgan fingerprint density at radius 1 is 1.19 bits per heavy atom. The maximum Gasteiger partial charge on any atom is 0.126 e. The maximum absolute atomic E-state index is 13.5. The average molecular weight is 306 g/mol. The molecule has 2 aromatic carbocycles. The van der Waals surface area contributed by atoms with Crippen LogP contribution >= 0.6 is 11.6 Å². The molecule has 0 aromatic heterocycles. The lowest BCUT2D eigenvalue weighted by atomic mass is 10.0. The third kappa shape index (κ3) is 3.36. The molecule has 0 atom stereocenters. The molecule has 0 spiro atoms. The summed E-state index contributed by atoms with van der Waals surface area (Å²) in [5, 5.41) is 4.05. The standard InChI is InChI=1S/C17H17ClFNO/c1-21-17-7-3-12(19)9-15(17)14-6-2-11(8-16(14)18)10-20-13-4-5-13/h2-3,6-9,13,20H,4-5,10H2,1H3. The van der Waals surface area contributed by atoms with Crippen LogP contribution in [0.1, 0.15) is 18.4 Å². The summed E-state index contributed by atoms with van der Waals surface area (Å²) in [6.07, 6.45) is 2.51. The fraction of sp³-hybridized carbons (Fsp3) is 0.294. The molecule has 1 fully saturated rings. The molecule has 0 heterocycles. The van der Waals surface area contributed by atoms with Crippen LogP contribution in [0.3, 0.4) is 0 Å². The van der Waals surface area contributed by atoms with E-state index in [2.05, 4.69) is 5.32 Å². The van der Waals surface area contributed by atoms with E-state index in [1.54, 1.807) is 13.2 Å². The Morgan fingerprint density at radius 3 is 2.67 bits per heavy atom. The van der Waals surface area contributed by atoms with Crippen LogP contribution in [0.2, 0.25) is 5.02 Å². The zero-order valence-corrected chi connectivity index (χ0v) is 12.6. The van der Waals surface area contributed by atoms with E-state index >= 15 is 0 Å². The molecule has 0 radical (unpaired) electrons. The van der Waals surface area contributed by atoms with Gasteiger partial charge in [-0.1, -0.05) is 23.7 Å². The Kier molecular flexibility index (Phi) is 4.13. The van der Waals surface area contributed by atoms with Gasteiger partial charge in [-0.25, -0.2) is 4.39 Å². The first-order valence-electron chi connectivity index (χ1n) is 7.03. The smallest absolute Gasteiger partial charge is 0.126 e. The lowest BCUT2D eigenvalue weighted by Gasteiger charge is -2.12. The van der Waals surface area contributed by atoms with E-state index in [1.165, 1.54) is 25.0 Å². The van der Waals surface area contributed by atoms with Gasteiger partial charge in [0.05, 0.1) is 7.11 Å². The first-order chi connectivity index (χ1) is 10.2. The van der Waals surface area contributed by atoms with Crippen LogP contribution in [-0.4, -0.2) is 13.2 Å². The molecule has 1 aliphatic carbocycles. The molecule has 1 saturated carbocycles. The molecular weight excluding hydrogens is 289 g/mol. The van der Waals surface area contributed by atoms with Crippen molar-refractivity contribution in [2.45, 2.75) is 25.4 Å². The van der Waals surface area contributed by atoms with Gasteiger partial charge in [-0.05, 0) is 42.7 Å². The summed E-state index contributed by atoms with van der Waals surface area (Å²) in [5.41, 5.74) is 2.58. The van der Waals surface area contributed by atoms with Gasteiger partial charge in [0, 0.05) is 28.7 Å². The van der Waals surface area contributed by atoms with Crippen LogP contribution < -0.4 is 10.1 Å². The minimum Gasteiger partial charge on any atom is -0.496 e. The van der Waals surface area contributed by atoms with Crippen molar-refractivity contribution in [2.75, 3.05) is 7.11 Å². The van der Waals surface area contributed by atoms with E-state index in [0.717, 1.165) is 17.7 Å². The summed E-state index contributed by atoms with van der Waals surface area (Å²) in [7, 11) is 1.57. The summed E-state index contributed by atoms with van der Waals surface area (Å²) < 4.78 is 18.8. The summed E-state index contributed by atoms with van der Waals surface area (Å²) in [6, 6.07) is 11.0. The number of nitrogens with one attached hydrogen (secondary N) is 1. The van der Waals surface area contributed by atoms with Gasteiger partial charge < -0.3 is 10.1 Å². The molecule has 21 heavy (non-hydrogen) atoms. The molecule has 0 saturated heterocycles. The van der Waals surface area contributed by atoms with Gasteiger partial charge in [-0.3, -0.25) is 0 Å². The number of halogens is 2. The lowest BCUT2D eigenvalue weighted by Crippen LogP contribution is -2.15. The second kappa shape index (κ2) is 6.04. The highest BCUT2D eigenvalue weighted by atomic mass is 35.5. The van der Waals surface area contributed by atoms with E-state index in [0.29, 0.717) is 22.4 Å². The van der Waals surface area contributed by atoms with Gasteiger partial charge in [-0.15, -0.1) is 0 Å². The fourth-order valence-electron chi connectivity index (χ4n) is 2.33.